The van der Waals surface area contributed by atoms with Gasteiger partial charge in [-0.2, -0.15) is 0 Å². The average Bonchev–Trinajstić information content (AvgIpc) is 2.48. The monoisotopic (exact) mass is 382 g/mol. The fourth-order valence-electron chi connectivity index (χ4n) is 2.78. The highest BCUT2D eigenvalue weighted by Gasteiger charge is 2.27. The molecule has 1 amide bonds. The van der Waals surface area contributed by atoms with E-state index in [0.717, 1.165) is 43.5 Å². The van der Waals surface area contributed by atoms with Gasteiger partial charge in [0.1, 0.15) is 5.60 Å². The Balaban J connectivity index is 1.78. The van der Waals surface area contributed by atoms with E-state index in [1.165, 1.54) is 5.56 Å². The lowest BCUT2D eigenvalue weighted by Crippen LogP contribution is -2.45. The van der Waals surface area contributed by atoms with Crippen LogP contribution in [0.4, 0.5) is 4.79 Å². The molecule has 0 bridgehead atoms. The SMILES string of the molecule is CC(C)(C)OC(=O)N1CCC[C@@H](CNCc2ccccc2Br)C1. The number of ether oxygens (including phenoxy) is 1. The average molecular weight is 383 g/mol. The van der Waals surface area contributed by atoms with Crippen LogP contribution in [-0.4, -0.2) is 36.2 Å². The Morgan fingerprint density at radius 1 is 1.39 bits per heavy atom. The standard InChI is InChI=1S/C18H27BrN2O2/c1-18(2,3)23-17(22)21-10-6-7-14(13-21)11-20-12-15-8-4-5-9-16(15)19/h4-5,8-9,14,20H,6-7,10-13H2,1-3H3/t14-/m0/s1. The number of likely N-dealkylation sites (tertiary alicyclic amines) is 1. The van der Waals surface area contributed by atoms with E-state index in [2.05, 4.69) is 33.4 Å². The van der Waals surface area contributed by atoms with Crippen molar-refractivity contribution in [2.45, 2.75) is 45.8 Å². The summed E-state index contributed by atoms with van der Waals surface area (Å²) in [5.41, 5.74) is 0.828. The number of carbonyl (C=O) groups is 1. The highest BCUT2D eigenvalue weighted by molar-refractivity contribution is 9.10. The van der Waals surface area contributed by atoms with Crippen LogP contribution >= 0.6 is 15.9 Å². The highest BCUT2D eigenvalue weighted by Crippen LogP contribution is 2.20. The minimum atomic E-state index is -0.429. The van der Waals surface area contributed by atoms with E-state index in [1.54, 1.807) is 0 Å². The minimum Gasteiger partial charge on any atom is -0.444 e. The van der Waals surface area contributed by atoms with E-state index in [4.69, 9.17) is 4.74 Å². The lowest BCUT2D eigenvalue weighted by Gasteiger charge is -2.34. The predicted octanol–water partition coefficient (Wildman–Crippen LogP) is 4.19. The molecule has 1 fully saturated rings. The first-order valence-corrected chi connectivity index (χ1v) is 9.06. The Morgan fingerprint density at radius 2 is 2.13 bits per heavy atom. The zero-order valence-electron chi connectivity index (χ0n) is 14.3. The van der Waals surface area contributed by atoms with Gasteiger partial charge < -0.3 is 15.0 Å². The van der Waals surface area contributed by atoms with E-state index in [-0.39, 0.29) is 6.09 Å². The van der Waals surface area contributed by atoms with E-state index in [1.807, 2.05) is 37.8 Å². The summed E-state index contributed by atoms with van der Waals surface area (Å²) < 4.78 is 6.61. The normalized spacial score (nSPS) is 18.8. The Labute approximate surface area is 147 Å². The fourth-order valence-corrected chi connectivity index (χ4v) is 3.20. The number of piperidine rings is 1. The molecule has 128 valence electrons. The van der Waals surface area contributed by atoms with Crippen LogP contribution < -0.4 is 5.32 Å². The second kappa shape index (κ2) is 8.15. The largest absolute Gasteiger partial charge is 0.444 e. The molecule has 23 heavy (non-hydrogen) atoms. The van der Waals surface area contributed by atoms with Gasteiger partial charge >= 0.3 is 6.09 Å². The first kappa shape index (κ1) is 18.3. The molecular formula is C18H27BrN2O2. The van der Waals surface area contributed by atoms with Crippen LogP contribution in [0.3, 0.4) is 0 Å². The Hall–Kier alpha value is -1.07. The van der Waals surface area contributed by atoms with Crippen molar-refractivity contribution in [1.82, 2.24) is 10.2 Å². The van der Waals surface area contributed by atoms with Crippen molar-refractivity contribution >= 4 is 22.0 Å². The molecule has 1 heterocycles. The van der Waals surface area contributed by atoms with Crippen LogP contribution in [0, 0.1) is 5.92 Å². The third-order valence-electron chi connectivity index (χ3n) is 3.88. The van der Waals surface area contributed by atoms with Gasteiger partial charge in [0.15, 0.2) is 0 Å². The summed E-state index contributed by atoms with van der Waals surface area (Å²) in [5, 5.41) is 3.51. The summed E-state index contributed by atoms with van der Waals surface area (Å²) in [6.07, 6.45) is 2.01. The lowest BCUT2D eigenvalue weighted by molar-refractivity contribution is 0.0166. The van der Waals surface area contributed by atoms with Gasteiger partial charge in [-0.25, -0.2) is 4.79 Å². The molecule has 0 aromatic heterocycles. The zero-order chi connectivity index (χ0) is 16.9. The third kappa shape index (κ3) is 6.15. The number of halogens is 1. The summed E-state index contributed by atoms with van der Waals surface area (Å²) >= 11 is 3.57. The summed E-state index contributed by atoms with van der Waals surface area (Å²) in [4.78, 5) is 14.0. The number of hydrogen-bond acceptors (Lipinski definition) is 3. The molecule has 0 saturated carbocycles. The molecule has 0 aliphatic carbocycles. The van der Waals surface area contributed by atoms with E-state index < -0.39 is 5.60 Å². The smallest absolute Gasteiger partial charge is 0.410 e. The number of amides is 1. The van der Waals surface area contributed by atoms with E-state index in [9.17, 15) is 4.79 Å². The Morgan fingerprint density at radius 3 is 2.83 bits per heavy atom. The van der Waals surface area contributed by atoms with Crippen molar-refractivity contribution in [3.63, 3.8) is 0 Å². The van der Waals surface area contributed by atoms with Gasteiger partial charge in [-0.1, -0.05) is 34.1 Å². The molecule has 1 N–H and O–H groups in total. The molecule has 0 unspecified atom stereocenters. The molecule has 1 aliphatic rings. The van der Waals surface area contributed by atoms with Crippen molar-refractivity contribution in [3.8, 4) is 0 Å². The van der Waals surface area contributed by atoms with E-state index >= 15 is 0 Å². The van der Waals surface area contributed by atoms with Crippen LogP contribution in [0.25, 0.3) is 0 Å². The number of hydrogen-bond donors (Lipinski definition) is 1. The number of nitrogens with one attached hydrogen (secondary N) is 1. The molecule has 1 aromatic rings. The van der Waals surface area contributed by atoms with Crippen LogP contribution in [0.1, 0.15) is 39.2 Å². The maximum absolute atomic E-state index is 12.2. The number of nitrogens with zero attached hydrogens (tertiary/aromatic N) is 1. The fraction of sp³-hybridized carbons (Fsp3) is 0.611. The lowest BCUT2D eigenvalue weighted by atomic mass is 9.98. The second-order valence-corrected chi connectivity index (χ2v) is 8.01. The molecule has 1 atom stereocenters. The summed E-state index contributed by atoms with van der Waals surface area (Å²) in [5.74, 6) is 0.485. The Bertz CT molecular complexity index is 528. The van der Waals surface area contributed by atoms with Gasteiger partial charge in [0.25, 0.3) is 0 Å². The molecular weight excluding hydrogens is 356 g/mol. The molecule has 5 heteroatoms. The van der Waals surface area contributed by atoms with Gasteiger partial charge in [-0.3, -0.25) is 0 Å². The summed E-state index contributed by atoms with van der Waals surface area (Å²) in [6.45, 7) is 9.06. The van der Waals surface area contributed by atoms with Gasteiger partial charge in [0.05, 0.1) is 0 Å². The van der Waals surface area contributed by atoms with Gasteiger partial charge in [0.2, 0.25) is 0 Å². The Kier molecular flexibility index (Phi) is 6.48. The van der Waals surface area contributed by atoms with Crippen molar-refractivity contribution in [2.24, 2.45) is 5.92 Å². The molecule has 0 spiro atoms. The molecule has 4 nitrogen and oxygen atoms in total. The second-order valence-electron chi connectivity index (χ2n) is 7.16. The number of rotatable bonds is 4. The molecule has 1 aliphatic heterocycles. The van der Waals surface area contributed by atoms with Crippen molar-refractivity contribution in [3.05, 3.63) is 34.3 Å². The van der Waals surface area contributed by atoms with Gasteiger partial charge in [0, 0.05) is 24.1 Å². The zero-order valence-corrected chi connectivity index (χ0v) is 15.9. The summed E-state index contributed by atoms with van der Waals surface area (Å²) in [7, 11) is 0. The molecule has 0 radical (unpaired) electrons. The van der Waals surface area contributed by atoms with Crippen LogP contribution in [0.2, 0.25) is 0 Å². The van der Waals surface area contributed by atoms with Crippen molar-refractivity contribution in [1.29, 1.82) is 0 Å². The topological polar surface area (TPSA) is 41.6 Å². The van der Waals surface area contributed by atoms with Crippen LogP contribution in [0.5, 0.6) is 0 Å². The van der Waals surface area contributed by atoms with Crippen molar-refractivity contribution in [2.75, 3.05) is 19.6 Å². The number of benzene rings is 1. The van der Waals surface area contributed by atoms with Crippen LogP contribution in [0.15, 0.2) is 28.7 Å². The molecule has 1 aromatic carbocycles. The minimum absolute atomic E-state index is 0.187. The maximum atomic E-state index is 12.2. The molecule has 2 rings (SSSR count). The first-order chi connectivity index (χ1) is 10.8. The predicted molar refractivity (Wildman–Crippen MR) is 96.4 cm³/mol. The quantitative estimate of drug-likeness (QED) is 0.848. The summed E-state index contributed by atoms with van der Waals surface area (Å²) in [6, 6.07) is 8.24. The molecule has 1 saturated heterocycles. The van der Waals surface area contributed by atoms with Gasteiger partial charge in [-0.05, 0) is 57.7 Å². The highest BCUT2D eigenvalue weighted by atomic mass is 79.9. The van der Waals surface area contributed by atoms with Crippen LogP contribution in [-0.2, 0) is 11.3 Å². The first-order valence-electron chi connectivity index (χ1n) is 8.27. The number of carbonyl (C=O) groups excluding carboxylic acids is 1. The maximum Gasteiger partial charge on any atom is 0.410 e. The van der Waals surface area contributed by atoms with Crippen molar-refractivity contribution < 1.29 is 9.53 Å². The van der Waals surface area contributed by atoms with E-state index in [0.29, 0.717) is 5.92 Å². The van der Waals surface area contributed by atoms with Gasteiger partial charge in [-0.15, -0.1) is 0 Å². The third-order valence-corrected chi connectivity index (χ3v) is 4.65.